The van der Waals surface area contributed by atoms with E-state index in [1.54, 1.807) is 6.08 Å². The van der Waals surface area contributed by atoms with E-state index in [9.17, 15) is 4.79 Å². The van der Waals surface area contributed by atoms with Gasteiger partial charge in [0.25, 0.3) is 0 Å². The number of rotatable bonds is 17. The summed E-state index contributed by atoms with van der Waals surface area (Å²) in [6, 6.07) is 0. The molecular weight excluding hydrogens is 324 g/mol. The van der Waals surface area contributed by atoms with Crippen LogP contribution in [0.5, 0.6) is 0 Å². The van der Waals surface area contributed by atoms with Gasteiger partial charge in [0.1, 0.15) is 0 Å². The number of carbonyl (C=O) groups excluding carboxylic acids is 1. The Hall–Kier alpha value is -0.670. The summed E-state index contributed by atoms with van der Waals surface area (Å²) in [6.07, 6.45) is 12.1. The van der Waals surface area contributed by atoms with Gasteiger partial charge >= 0.3 is 0 Å². The van der Waals surface area contributed by atoms with Gasteiger partial charge in [-0.25, -0.2) is 0 Å². The minimum absolute atomic E-state index is 0.0608. The third-order valence-electron chi connectivity index (χ3n) is 4.93. The van der Waals surface area contributed by atoms with Crippen LogP contribution in [0.15, 0.2) is 12.2 Å². The Bertz CT molecular complexity index is 342. The molecule has 0 amide bonds. The van der Waals surface area contributed by atoms with Gasteiger partial charge in [-0.2, -0.15) is 0 Å². The highest BCUT2D eigenvalue weighted by atomic mass is 16.7. The molecule has 26 heavy (non-hydrogen) atoms. The van der Waals surface area contributed by atoms with Gasteiger partial charge in [-0.15, -0.1) is 0 Å². The zero-order valence-electron chi connectivity index (χ0n) is 18.3. The van der Waals surface area contributed by atoms with Gasteiger partial charge in [-0.3, -0.25) is 4.79 Å². The van der Waals surface area contributed by atoms with E-state index in [1.165, 1.54) is 25.7 Å². The fraction of sp³-hybridized carbons (Fsp3) is 0.870. The molecule has 0 aromatic heterocycles. The monoisotopic (exact) mass is 368 g/mol. The van der Waals surface area contributed by atoms with Gasteiger partial charge < -0.3 is 9.47 Å². The average Bonchev–Trinajstić information content (AvgIpc) is 2.64. The van der Waals surface area contributed by atoms with Crippen molar-refractivity contribution in [3.8, 4) is 0 Å². The van der Waals surface area contributed by atoms with Gasteiger partial charge in [0, 0.05) is 0 Å². The quantitative estimate of drug-likeness (QED) is 0.215. The summed E-state index contributed by atoms with van der Waals surface area (Å²) in [5.41, 5.74) is 0. The zero-order valence-corrected chi connectivity index (χ0v) is 18.3. The predicted octanol–water partition coefficient (Wildman–Crippen LogP) is 6.56. The molecule has 0 radical (unpaired) electrons. The van der Waals surface area contributed by atoms with E-state index in [1.807, 2.05) is 6.08 Å². The van der Waals surface area contributed by atoms with E-state index in [4.69, 9.17) is 9.47 Å². The first-order chi connectivity index (χ1) is 12.5. The Morgan fingerprint density at radius 3 is 1.65 bits per heavy atom. The van der Waals surface area contributed by atoms with Crippen LogP contribution in [0.2, 0.25) is 0 Å². The van der Waals surface area contributed by atoms with Crippen LogP contribution in [0, 0.1) is 17.8 Å². The Balaban J connectivity index is 4.74. The molecule has 0 aromatic carbocycles. The number of carbonyl (C=O) groups is 1. The van der Waals surface area contributed by atoms with E-state index in [2.05, 4.69) is 41.5 Å². The molecule has 0 bridgehead atoms. The highest BCUT2D eigenvalue weighted by Crippen LogP contribution is 2.17. The maximum absolute atomic E-state index is 12.5. The molecule has 0 heterocycles. The molecule has 0 N–H and O–H groups in total. The summed E-state index contributed by atoms with van der Waals surface area (Å²) < 4.78 is 11.9. The minimum Gasteiger partial charge on any atom is -0.345 e. The maximum atomic E-state index is 12.5. The SMILES string of the molecule is CCCCC(CC)COC(OCC(CC)CCCC)C(=O)/C=C/C(C)C. The van der Waals surface area contributed by atoms with Crippen molar-refractivity contribution in [1.82, 2.24) is 0 Å². The summed E-state index contributed by atoms with van der Waals surface area (Å²) in [5, 5.41) is 0. The van der Waals surface area contributed by atoms with Gasteiger partial charge in [0.05, 0.1) is 13.2 Å². The average molecular weight is 369 g/mol. The lowest BCUT2D eigenvalue weighted by Crippen LogP contribution is -2.30. The molecule has 0 aliphatic carbocycles. The molecule has 0 spiro atoms. The highest BCUT2D eigenvalue weighted by molar-refractivity contribution is 5.92. The third kappa shape index (κ3) is 12.6. The van der Waals surface area contributed by atoms with Crippen LogP contribution >= 0.6 is 0 Å². The molecule has 3 heteroatoms. The lowest BCUT2D eigenvalue weighted by molar-refractivity contribution is -0.173. The molecule has 154 valence electrons. The van der Waals surface area contributed by atoms with Crippen molar-refractivity contribution in [1.29, 1.82) is 0 Å². The summed E-state index contributed by atoms with van der Waals surface area (Å²) in [7, 11) is 0. The maximum Gasteiger partial charge on any atom is 0.221 e. The zero-order chi connectivity index (χ0) is 19.8. The number of allylic oxidation sites excluding steroid dienone is 1. The van der Waals surface area contributed by atoms with Crippen LogP contribution in [-0.4, -0.2) is 25.3 Å². The van der Waals surface area contributed by atoms with E-state index < -0.39 is 6.29 Å². The topological polar surface area (TPSA) is 35.5 Å². The molecule has 0 aliphatic rings. The Kier molecular flexibility index (Phi) is 16.1. The van der Waals surface area contributed by atoms with Crippen LogP contribution in [0.1, 0.15) is 92.9 Å². The molecule has 3 nitrogen and oxygen atoms in total. The third-order valence-corrected chi connectivity index (χ3v) is 4.93. The number of unbranched alkanes of at least 4 members (excludes halogenated alkanes) is 2. The van der Waals surface area contributed by atoms with Crippen molar-refractivity contribution >= 4 is 5.78 Å². The van der Waals surface area contributed by atoms with E-state index >= 15 is 0 Å². The van der Waals surface area contributed by atoms with E-state index in [-0.39, 0.29) is 5.78 Å². The Morgan fingerprint density at radius 1 is 0.846 bits per heavy atom. The molecule has 0 aromatic rings. The summed E-state index contributed by atoms with van der Waals surface area (Å²) in [4.78, 5) is 12.5. The Morgan fingerprint density at radius 2 is 1.31 bits per heavy atom. The number of hydrogen-bond donors (Lipinski definition) is 0. The lowest BCUT2D eigenvalue weighted by atomic mass is 10.0. The van der Waals surface area contributed by atoms with Crippen molar-refractivity contribution in [3.05, 3.63) is 12.2 Å². The molecule has 2 unspecified atom stereocenters. The second-order valence-electron chi connectivity index (χ2n) is 7.84. The lowest BCUT2D eigenvalue weighted by Gasteiger charge is -2.23. The summed E-state index contributed by atoms with van der Waals surface area (Å²) in [5.74, 6) is 1.30. The largest absolute Gasteiger partial charge is 0.345 e. The first kappa shape index (κ1) is 25.3. The predicted molar refractivity (Wildman–Crippen MR) is 111 cm³/mol. The summed E-state index contributed by atoms with van der Waals surface area (Å²) in [6.45, 7) is 14.1. The minimum atomic E-state index is -0.753. The smallest absolute Gasteiger partial charge is 0.221 e. The van der Waals surface area contributed by atoms with Crippen molar-refractivity contribution in [2.24, 2.45) is 17.8 Å². The fourth-order valence-corrected chi connectivity index (χ4v) is 2.82. The number of ether oxygens (including phenoxy) is 2. The molecule has 0 saturated carbocycles. The number of hydrogen-bond acceptors (Lipinski definition) is 3. The normalized spacial score (nSPS) is 15.5. The molecule has 0 rings (SSSR count). The molecular formula is C23H44O3. The van der Waals surface area contributed by atoms with Crippen molar-refractivity contribution in [3.63, 3.8) is 0 Å². The second kappa shape index (κ2) is 16.5. The standard InChI is InChI=1S/C23H44O3/c1-7-11-13-20(9-3)17-25-23(22(24)16-15-19(5)6)26-18-21(10-4)14-12-8-2/h15-16,19-21,23H,7-14,17-18H2,1-6H3/b16-15+. The van der Waals surface area contributed by atoms with Gasteiger partial charge in [0.2, 0.25) is 12.1 Å². The number of ketones is 1. The molecule has 2 atom stereocenters. The molecule has 0 aliphatic heterocycles. The molecule has 0 saturated heterocycles. The first-order valence-corrected chi connectivity index (χ1v) is 10.9. The van der Waals surface area contributed by atoms with Gasteiger partial charge in [-0.1, -0.05) is 86.1 Å². The fourth-order valence-electron chi connectivity index (χ4n) is 2.82. The molecule has 0 fully saturated rings. The van der Waals surface area contributed by atoms with E-state index in [0.29, 0.717) is 31.0 Å². The first-order valence-electron chi connectivity index (χ1n) is 10.9. The van der Waals surface area contributed by atoms with Gasteiger partial charge in [-0.05, 0) is 36.7 Å². The summed E-state index contributed by atoms with van der Waals surface area (Å²) >= 11 is 0. The van der Waals surface area contributed by atoms with Crippen molar-refractivity contribution in [2.75, 3.05) is 13.2 Å². The van der Waals surface area contributed by atoms with Crippen LogP contribution in [-0.2, 0) is 14.3 Å². The van der Waals surface area contributed by atoms with Crippen molar-refractivity contribution in [2.45, 2.75) is 99.2 Å². The van der Waals surface area contributed by atoms with E-state index in [0.717, 1.165) is 25.7 Å². The van der Waals surface area contributed by atoms with Gasteiger partial charge in [0.15, 0.2) is 0 Å². The second-order valence-corrected chi connectivity index (χ2v) is 7.84. The van der Waals surface area contributed by atoms with Crippen molar-refractivity contribution < 1.29 is 14.3 Å². The highest BCUT2D eigenvalue weighted by Gasteiger charge is 2.21. The van der Waals surface area contributed by atoms with Crippen LogP contribution < -0.4 is 0 Å². The van der Waals surface area contributed by atoms with Crippen LogP contribution in [0.4, 0.5) is 0 Å². The Labute approximate surface area is 162 Å². The van der Waals surface area contributed by atoms with Crippen LogP contribution in [0.3, 0.4) is 0 Å². The van der Waals surface area contributed by atoms with Crippen LogP contribution in [0.25, 0.3) is 0 Å².